The van der Waals surface area contributed by atoms with E-state index in [4.69, 9.17) is 5.11 Å². The molecule has 0 atom stereocenters. The molecule has 0 aromatic rings. The lowest BCUT2D eigenvalue weighted by atomic mass is 9.83. The first-order chi connectivity index (χ1) is 9.53. The van der Waals surface area contributed by atoms with Gasteiger partial charge in [-0.05, 0) is 37.2 Å². The minimum Gasteiger partial charge on any atom is -0.545 e. The standard InChI is InChI=1S/C13H18F6O3/c1-8(9(20)21)7-10(2,3)5-4-6-11(22,12(14,15)16)13(17,18)19/h7,22H,4-6H2,1-3H3,(H,20,21)/p-1. The lowest BCUT2D eigenvalue weighted by Gasteiger charge is -2.33. The Bertz CT molecular complexity index is 420. The molecule has 0 unspecified atom stereocenters. The molecule has 0 aliphatic heterocycles. The van der Waals surface area contributed by atoms with Gasteiger partial charge in [0.15, 0.2) is 0 Å². The van der Waals surface area contributed by atoms with Crippen molar-refractivity contribution in [1.82, 2.24) is 0 Å². The first kappa shape index (κ1) is 20.8. The predicted octanol–water partition coefficient (Wildman–Crippen LogP) is 2.73. The van der Waals surface area contributed by atoms with Crippen LogP contribution in [0.15, 0.2) is 11.6 Å². The van der Waals surface area contributed by atoms with Crippen LogP contribution in [0, 0.1) is 5.41 Å². The molecule has 0 saturated carbocycles. The summed E-state index contributed by atoms with van der Waals surface area (Å²) in [7, 11) is 0. The molecule has 0 aromatic heterocycles. The number of hydrogen-bond acceptors (Lipinski definition) is 3. The van der Waals surface area contributed by atoms with Gasteiger partial charge < -0.3 is 15.0 Å². The second-order valence-electron chi connectivity index (χ2n) is 5.81. The Hall–Kier alpha value is -1.25. The number of aliphatic carboxylic acids is 1. The lowest BCUT2D eigenvalue weighted by Crippen LogP contribution is -2.56. The molecule has 1 N–H and O–H groups in total. The van der Waals surface area contributed by atoms with Crippen LogP contribution in [0.4, 0.5) is 26.3 Å². The van der Waals surface area contributed by atoms with Gasteiger partial charge in [-0.1, -0.05) is 19.9 Å². The zero-order valence-electron chi connectivity index (χ0n) is 12.2. The molecule has 9 heteroatoms. The summed E-state index contributed by atoms with van der Waals surface area (Å²) < 4.78 is 74.8. The molecule has 130 valence electrons. The molecule has 0 saturated heterocycles. The Morgan fingerprint density at radius 2 is 1.45 bits per heavy atom. The molecule has 0 radical (unpaired) electrons. The van der Waals surface area contributed by atoms with Gasteiger partial charge in [0, 0.05) is 0 Å². The van der Waals surface area contributed by atoms with Gasteiger partial charge in [-0.3, -0.25) is 0 Å². The summed E-state index contributed by atoms with van der Waals surface area (Å²) >= 11 is 0. The van der Waals surface area contributed by atoms with Crippen molar-refractivity contribution in [2.75, 3.05) is 0 Å². The number of rotatable bonds is 6. The van der Waals surface area contributed by atoms with Crippen LogP contribution in [-0.2, 0) is 4.79 Å². The highest BCUT2D eigenvalue weighted by atomic mass is 19.4. The number of carbonyl (C=O) groups excluding carboxylic acids is 1. The first-order valence-corrected chi connectivity index (χ1v) is 6.30. The van der Waals surface area contributed by atoms with Crippen molar-refractivity contribution in [3.05, 3.63) is 11.6 Å². The molecular formula is C13H17F6O3-. The summed E-state index contributed by atoms with van der Waals surface area (Å²) in [5.74, 6) is -1.48. The lowest BCUT2D eigenvalue weighted by molar-refractivity contribution is -0.370. The van der Waals surface area contributed by atoms with Crippen LogP contribution < -0.4 is 5.11 Å². The molecule has 22 heavy (non-hydrogen) atoms. The number of carboxylic acids is 1. The first-order valence-electron chi connectivity index (χ1n) is 6.30. The van der Waals surface area contributed by atoms with E-state index >= 15 is 0 Å². The fraction of sp³-hybridized carbons (Fsp3) is 0.769. The summed E-state index contributed by atoms with van der Waals surface area (Å²) in [6.07, 6.45) is -12.8. The van der Waals surface area contributed by atoms with Gasteiger partial charge in [0.05, 0.1) is 5.97 Å². The fourth-order valence-corrected chi connectivity index (χ4v) is 1.96. The largest absolute Gasteiger partial charge is 0.545 e. The van der Waals surface area contributed by atoms with Crippen molar-refractivity contribution in [3.8, 4) is 0 Å². The van der Waals surface area contributed by atoms with Gasteiger partial charge in [-0.15, -0.1) is 0 Å². The van der Waals surface area contributed by atoms with E-state index in [-0.39, 0.29) is 12.0 Å². The highest BCUT2D eigenvalue weighted by Gasteiger charge is 2.69. The summed E-state index contributed by atoms with van der Waals surface area (Å²) in [6, 6.07) is 0. The van der Waals surface area contributed by atoms with E-state index in [1.807, 2.05) is 0 Å². The molecule has 0 bridgehead atoms. The molecule has 0 aromatic carbocycles. The summed E-state index contributed by atoms with van der Waals surface area (Å²) in [5.41, 5.74) is -5.90. The van der Waals surface area contributed by atoms with E-state index in [2.05, 4.69) is 0 Å². The van der Waals surface area contributed by atoms with E-state index in [9.17, 15) is 36.2 Å². The Labute approximate surface area is 123 Å². The fourth-order valence-electron chi connectivity index (χ4n) is 1.96. The van der Waals surface area contributed by atoms with Crippen molar-refractivity contribution in [1.29, 1.82) is 0 Å². The second-order valence-corrected chi connectivity index (χ2v) is 5.81. The number of carboxylic acid groups (broad SMARTS) is 1. The predicted molar refractivity (Wildman–Crippen MR) is 63.5 cm³/mol. The Morgan fingerprint density at radius 1 is 1.05 bits per heavy atom. The Kier molecular flexibility index (Phi) is 6.11. The van der Waals surface area contributed by atoms with Gasteiger partial charge in [-0.25, -0.2) is 0 Å². The SMILES string of the molecule is CC(=CC(C)(C)CCCC(O)(C(F)(F)F)C(F)(F)F)C(=O)[O-]. The van der Waals surface area contributed by atoms with Crippen LogP contribution in [0.25, 0.3) is 0 Å². The minimum atomic E-state index is -5.84. The average Bonchev–Trinajstić information content (AvgIpc) is 2.24. The zero-order valence-corrected chi connectivity index (χ0v) is 12.2. The van der Waals surface area contributed by atoms with Gasteiger partial charge in [-0.2, -0.15) is 26.3 Å². The average molecular weight is 335 g/mol. The van der Waals surface area contributed by atoms with E-state index < -0.39 is 42.2 Å². The smallest absolute Gasteiger partial charge is 0.426 e. The highest BCUT2D eigenvalue weighted by molar-refractivity contribution is 5.83. The van der Waals surface area contributed by atoms with E-state index in [1.165, 1.54) is 26.8 Å². The second kappa shape index (κ2) is 6.47. The molecule has 0 aliphatic carbocycles. The molecular weight excluding hydrogens is 318 g/mol. The van der Waals surface area contributed by atoms with E-state index in [0.717, 1.165) is 0 Å². The van der Waals surface area contributed by atoms with Crippen molar-refractivity contribution in [3.63, 3.8) is 0 Å². The molecule has 0 rings (SSSR count). The van der Waals surface area contributed by atoms with Gasteiger partial charge in [0.1, 0.15) is 0 Å². The monoisotopic (exact) mass is 335 g/mol. The zero-order chi connectivity index (χ0) is 18.0. The van der Waals surface area contributed by atoms with Crippen LogP contribution in [0.3, 0.4) is 0 Å². The summed E-state index contributed by atoms with van der Waals surface area (Å²) in [4.78, 5) is 10.6. The number of halogens is 6. The summed E-state index contributed by atoms with van der Waals surface area (Å²) in [6.45, 7) is 4.12. The maximum absolute atomic E-state index is 12.5. The maximum atomic E-state index is 12.5. The van der Waals surface area contributed by atoms with Crippen LogP contribution in [-0.4, -0.2) is 29.0 Å². The topological polar surface area (TPSA) is 60.4 Å². The van der Waals surface area contributed by atoms with Crippen molar-refractivity contribution < 1.29 is 41.4 Å². The summed E-state index contributed by atoms with van der Waals surface area (Å²) in [5, 5.41) is 19.5. The normalized spacial score (nSPS) is 15.1. The minimum absolute atomic E-state index is 0.174. The third kappa shape index (κ3) is 5.19. The van der Waals surface area contributed by atoms with E-state index in [1.54, 1.807) is 0 Å². The molecule has 0 fully saturated rings. The van der Waals surface area contributed by atoms with Gasteiger partial charge >= 0.3 is 12.4 Å². The van der Waals surface area contributed by atoms with Crippen molar-refractivity contribution in [2.45, 2.75) is 58.0 Å². The van der Waals surface area contributed by atoms with Crippen LogP contribution in [0.2, 0.25) is 0 Å². The number of aliphatic hydroxyl groups is 1. The number of alkyl halides is 6. The molecule has 0 heterocycles. The molecule has 3 nitrogen and oxygen atoms in total. The number of allylic oxidation sites excluding steroid dienone is 1. The Morgan fingerprint density at radius 3 is 1.77 bits per heavy atom. The quantitative estimate of drug-likeness (QED) is 0.600. The maximum Gasteiger partial charge on any atom is 0.426 e. The number of carbonyl (C=O) groups is 1. The highest BCUT2D eigenvalue weighted by Crippen LogP contribution is 2.46. The van der Waals surface area contributed by atoms with Crippen LogP contribution >= 0.6 is 0 Å². The third-order valence-corrected chi connectivity index (χ3v) is 3.23. The van der Waals surface area contributed by atoms with Crippen molar-refractivity contribution >= 4 is 5.97 Å². The van der Waals surface area contributed by atoms with E-state index in [0.29, 0.717) is 0 Å². The van der Waals surface area contributed by atoms with Crippen LogP contribution in [0.5, 0.6) is 0 Å². The third-order valence-electron chi connectivity index (χ3n) is 3.23. The molecule has 0 amide bonds. The van der Waals surface area contributed by atoms with Gasteiger partial charge in [0.2, 0.25) is 0 Å². The Balaban J connectivity index is 5.00. The molecule has 0 aliphatic rings. The van der Waals surface area contributed by atoms with Gasteiger partial charge in [0.25, 0.3) is 5.60 Å². The number of hydrogen-bond donors (Lipinski definition) is 1. The van der Waals surface area contributed by atoms with Crippen LogP contribution in [0.1, 0.15) is 40.0 Å². The van der Waals surface area contributed by atoms with Crippen molar-refractivity contribution in [2.24, 2.45) is 5.41 Å². The molecule has 0 spiro atoms.